The lowest BCUT2D eigenvalue weighted by Gasteiger charge is -2.45. The summed E-state index contributed by atoms with van der Waals surface area (Å²) in [4.78, 5) is 5.31. The summed E-state index contributed by atoms with van der Waals surface area (Å²) in [6.07, 6.45) is 1.27. The van der Waals surface area contributed by atoms with Crippen LogP contribution in [0.25, 0.3) is 21.5 Å². The van der Waals surface area contributed by atoms with Crippen molar-refractivity contribution in [3.8, 4) is 11.5 Å². The fourth-order valence-corrected chi connectivity index (χ4v) is 5.91. The van der Waals surface area contributed by atoms with Crippen molar-refractivity contribution in [2.45, 2.75) is 25.7 Å². The summed E-state index contributed by atoms with van der Waals surface area (Å²) < 4.78 is 10.8. The molecule has 4 nitrogen and oxygen atoms in total. The van der Waals surface area contributed by atoms with Crippen LogP contribution in [0.2, 0.25) is 0 Å². The van der Waals surface area contributed by atoms with Crippen LogP contribution in [0.3, 0.4) is 0 Å². The SMILES string of the molecule is COc1ccc(CN2CCCN(Cc3ccc(OC)cc3)C2c2c3ccccc3cc3ccccc23)cc1. The second-order valence-electron chi connectivity index (χ2n) is 10.1. The zero-order valence-corrected chi connectivity index (χ0v) is 22.1. The van der Waals surface area contributed by atoms with Gasteiger partial charge in [-0.3, -0.25) is 9.80 Å². The molecule has 4 heteroatoms. The van der Waals surface area contributed by atoms with Crippen molar-refractivity contribution in [3.05, 3.63) is 120 Å². The molecule has 5 aromatic rings. The summed E-state index contributed by atoms with van der Waals surface area (Å²) in [5.74, 6) is 1.79. The topological polar surface area (TPSA) is 24.9 Å². The monoisotopic (exact) mass is 502 g/mol. The molecule has 0 unspecified atom stereocenters. The van der Waals surface area contributed by atoms with Crippen LogP contribution in [0, 0.1) is 0 Å². The van der Waals surface area contributed by atoms with Gasteiger partial charge in [-0.2, -0.15) is 0 Å². The van der Waals surface area contributed by atoms with Crippen LogP contribution in [0.15, 0.2) is 103 Å². The van der Waals surface area contributed by atoms with Gasteiger partial charge in [0, 0.05) is 26.2 Å². The molecule has 1 aliphatic heterocycles. The molecule has 0 bridgehead atoms. The molecule has 1 saturated heterocycles. The smallest absolute Gasteiger partial charge is 0.118 e. The van der Waals surface area contributed by atoms with Crippen molar-refractivity contribution >= 4 is 21.5 Å². The molecule has 1 heterocycles. The summed E-state index contributed by atoms with van der Waals surface area (Å²) in [7, 11) is 3.44. The number of fused-ring (bicyclic) bond motifs is 2. The Kier molecular flexibility index (Phi) is 7.00. The predicted octanol–water partition coefficient (Wildman–Crippen LogP) is 7.42. The van der Waals surface area contributed by atoms with Crippen LogP contribution >= 0.6 is 0 Å². The van der Waals surface area contributed by atoms with E-state index in [0.717, 1.165) is 44.1 Å². The van der Waals surface area contributed by atoms with Gasteiger partial charge in [0.1, 0.15) is 11.5 Å². The molecule has 0 aromatic heterocycles. The number of rotatable bonds is 7. The van der Waals surface area contributed by atoms with Crippen LogP contribution in [0.4, 0.5) is 0 Å². The van der Waals surface area contributed by atoms with Gasteiger partial charge in [0.25, 0.3) is 0 Å². The second kappa shape index (κ2) is 10.9. The van der Waals surface area contributed by atoms with Crippen molar-refractivity contribution in [2.75, 3.05) is 27.3 Å². The van der Waals surface area contributed by atoms with Gasteiger partial charge in [0.2, 0.25) is 0 Å². The molecule has 192 valence electrons. The van der Waals surface area contributed by atoms with Gasteiger partial charge in [0.15, 0.2) is 0 Å². The normalized spacial score (nSPS) is 15.2. The molecule has 5 aromatic carbocycles. The minimum atomic E-state index is 0.143. The molecule has 0 N–H and O–H groups in total. The van der Waals surface area contributed by atoms with Crippen molar-refractivity contribution in [2.24, 2.45) is 0 Å². The first kappa shape index (κ1) is 24.5. The summed E-state index contributed by atoms with van der Waals surface area (Å²) in [6, 6.07) is 37.1. The number of hydrogen-bond donors (Lipinski definition) is 0. The van der Waals surface area contributed by atoms with Gasteiger partial charge in [-0.15, -0.1) is 0 Å². The Hall–Kier alpha value is -3.86. The van der Waals surface area contributed by atoms with Crippen LogP contribution in [0.1, 0.15) is 29.3 Å². The van der Waals surface area contributed by atoms with E-state index in [1.165, 1.54) is 38.2 Å². The Morgan fingerprint density at radius 1 is 0.605 bits per heavy atom. The lowest BCUT2D eigenvalue weighted by molar-refractivity contribution is -0.00736. The van der Waals surface area contributed by atoms with Gasteiger partial charge in [-0.25, -0.2) is 0 Å². The van der Waals surface area contributed by atoms with Crippen molar-refractivity contribution in [1.82, 2.24) is 9.80 Å². The standard InChI is InChI=1S/C34H34N2O2/c1-37-29-16-12-25(13-17-29)23-35-20-7-21-36(24-26-14-18-30(38-2)19-15-26)34(35)33-31-10-5-3-8-27(31)22-28-9-4-6-11-32(28)33/h3-6,8-19,22,34H,7,20-21,23-24H2,1-2H3. The highest BCUT2D eigenvalue weighted by Gasteiger charge is 2.33. The van der Waals surface area contributed by atoms with E-state index in [0.29, 0.717) is 0 Å². The largest absolute Gasteiger partial charge is 0.497 e. The maximum Gasteiger partial charge on any atom is 0.118 e. The van der Waals surface area contributed by atoms with Gasteiger partial charge >= 0.3 is 0 Å². The Labute approximate surface area is 225 Å². The van der Waals surface area contributed by atoms with Crippen LogP contribution < -0.4 is 9.47 Å². The lowest BCUT2D eigenvalue weighted by Crippen LogP contribution is -2.47. The highest BCUT2D eigenvalue weighted by Crippen LogP contribution is 2.40. The highest BCUT2D eigenvalue weighted by atomic mass is 16.5. The molecule has 0 amide bonds. The Balaban J connectivity index is 1.48. The van der Waals surface area contributed by atoms with Crippen molar-refractivity contribution < 1.29 is 9.47 Å². The lowest BCUT2D eigenvalue weighted by atomic mass is 9.92. The zero-order valence-electron chi connectivity index (χ0n) is 22.1. The number of methoxy groups -OCH3 is 2. The molecule has 1 aliphatic rings. The fraction of sp³-hybridized carbons (Fsp3) is 0.235. The van der Waals surface area contributed by atoms with Gasteiger partial charge in [0.05, 0.1) is 20.4 Å². The Morgan fingerprint density at radius 2 is 1.05 bits per heavy atom. The van der Waals surface area contributed by atoms with Crippen LogP contribution in [0.5, 0.6) is 11.5 Å². The first-order valence-corrected chi connectivity index (χ1v) is 13.4. The first-order valence-electron chi connectivity index (χ1n) is 13.4. The Morgan fingerprint density at radius 3 is 1.50 bits per heavy atom. The average molecular weight is 503 g/mol. The summed E-state index contributed by atoms with van der Waals surface area (Å²) in [6.45, 7) is 3.86. The van der Waals surface area contributed by atoms with Crippen LogP contribution in [-0.2, 0) is 13.1 Å². The average Bonchev–Trinajstić information content (AvgIpc) is 2.97. The van der Waals surface area contributed by atoms with E-state index < -0.39 is 0 Å². The van der Waals surface area contributed by atoms with E-state index in [4.69, 9.17) is 9.47 Å². The zero-order chi connectivity index (χ0) is 25.9. The van der Waals surface area contributed by atoms with E-state index in [-0.39, 0.29) is 6.17 Å². The first-order chi connectivity index (χ1) is 18.7. The molecule has 0 spiro atoms. The minimum Gasteiger partial charge on any atom is -0.497 e. The molecular formula is C34H34N2O2. The van der Waals surface area contributed by atoms with Gasteiger partial charge in [-0.1, -0.05) is 72.8 Å². The number of benzene rings is 5. The van der Waals surface area contributed by atoms with E-state index >= 15 is 0 Å². The third-order valence-corrected chi connectivity index (χ3v) is 7.74. The number of hydrogen-bond acceptors (Lipinski definition) is 4. The molecule has 0 saturated carbocycles. The van der Waals surface area contributed by atoms with E-state index in [2.05, 4.69) is 113 Å². The highest BCUT2D eigenvalue weighted by molar-refractivity contribution is 6.02. The number of nitrogens with zero attached hydrogens (tertiary/aromatic N) is 2. The van der Waals surface area contributed by atoms with Crippen LogP contribution in [-0.4, -0.2) is 37.1 Å². The second-order valence-corrected chi connectivity index (χ2v) is 10.1. The minimum absolute atomic E-state index is 0.143. The molecular weight excluding hydrogens is 468 g/mol. The number of ether oxygens (including phenoxy) is 2. The van der Waals surface area contributed by atoms with Gasteiger partial charge in [-0.05, 0) is 75.0 Å². The van der Waals surface area contributed by atoms with Crippen molar-refractivity contribution in [1.29, 1.82) is 0 Å². The summed E-state index contributed by atoms with van der Waals surface area (Å²) in [5.41, 5.74) is 4.00. The molecule has 38 heavy (non-hydrogen) atoms. The summed E-state index contributed by atoms with van der Waals surface area (Å²) in [5, 5.41) is 5.25. The molecule has 0 aliphatic carbocycles. The predicted molar refractivity (Wildman–Crippen MR) is 156 cm³/mol. The van der Waals surface area contributed by atoms with E-state index in [9.17, 15) is 0 Å². The molecule has 0 atom stereocenters. The third kappa shape index (κ3) is 4.85. The Bertz CT molecular complexity index is 1420. The van der Waals surface area contributed by atoms with Gasteiger partial charge < -0.3 is 9.47 Å². The third-order valence-electron chi connectivity index (χ3n) is 7.74. The van der Waals surface area contributed by atoms with Crippen molar-refractivity contribution in [3.63, 3.8) is 0 Å². The van der Waals surface area contributed by atoms with E-state index in [1.54, 1.807) is 14.2 Å². The quantitative estimate of drug-likeness (QED) is 0.216. The van der Waals surface area contributed by atoms with E-state index in [1.807, 2.05) is 0 Å². The summed E-state index contributed by atoms with van der Waals surface area (Å²) >= 11 is 0. The fourth-order valence-electron chi connectivity index (χ4n) is 5.91. The maximum absolute atomic E-state index is 5.42. The molecule has 0 radical (unpaired) electrons. The molecule has 6 rings (SSSR count). The maximum atomic E-state index is 5.42. The molecule has 1 fully saturated rings.